The van der Waals surface area contributed by atoms with Crippen LogP contribution >= 0.6 is 0 Å². The second kappa shape index (κ2) is 2.53. The van der Waals surface area contributed by atoms with Crippen molar-refractivity contribution in [2.24, 2.45) is 5.41 Å². The minimum atomic E-state index is -2.87. The van der Waals surface area contributed by atoms with Crippen molar-refractivity contribution < 1.29 is 8.78 Å². The Morgan fingerprint density at radius 2 is 1.70 bits per heavy atom. The molecule has 3 heteroatoms. The molecule has 1 nitrogen and oxygen atoms in total. The summed E-state index contributed by atoms with van der Waals surface area (Å²) in [6.45, 7) is 4.26. The number of rotatable bonds is 1. The summed E-state index contributed by atoms with van der Waals surface area (Å²) in [4.78, 5) is 0. The number of nitriles is 1. The fourth-order valence-electron chi connectivity index (χ4n) is 0.364. The molecule has 0 fully saturated rings. The third-order valence-corrected chi connectivity index (χ3v) is 1.40. The molecule has 0 saturated carbocycles. The molecule has 58 valence electrons. The zero-order chi connectivity index (χ0) is 8.41. The fourth-order valence-corrected chi connectivity index (χ4v) is 0.364. The Kier molecular flexibility index (Phi) is 2.37. The molecular formula is C7H11F2N. The first-order valence-electron chi connectivity index (χ1n) is 3.06. The number of hydrogen-bond donors (Lipinski definition) is 0. The minimum absolute atomic E-state index is 0.698. The molecule has 0 N–H and O–H groups in total. The summed E-state index contributed by atoms with van der Waals surface area (Å²) in [6, 6.07) is 1.46. The van der Waals surface area contributed by atoms with Crippen molar-refractivity contribution >= 4 is 0 Å². The Morgan fingerprint density at radius 3 is 1.80 bits per heavy atom. The first kappa shape index (κ1) is 9.35. The van der Waals surface area contributed by atoms with Gasteiger partial charge in [0.2, 0.25) is 0 Å². The van der Waals surface area contributed by atoms with Crippen molar-refractivity contribution in [3.8, 4) is 6.07 Å². The molecule has 0 radical (unpaired) electrons. The SMILES string of the molecule is CC(C)(C)C(F)(F)CC#N. The van der Waals surface area contributed by atoms with Gasteiger partial charge in [0.15, 0.2) is 0 Å². The van der Waals surface area contributed by atoms with Gasteiger partial charge in [0.25, 0.3) is 5.92 Å². The van der Waals surface area contributed by atoms with Crippen LogP contribution in [-0.2, 0) is 0 Å². The maximum atomic E-state index is 12.7. The van der Waals surface area contributed by atoms with Crippen LogP contribution in [0.3, 0.4) is 0 Å². The fraction of sp³-hybridized carbons (Fsp3) is 0.857. The first-order chi connectivity index (χ1) is 4.31. The molecule has 0 rings (SSSR count). The second-order valence-corrected chi connectivity index (χ2v) is 3.29. The second-order valence-electron chi connectivity index (χ2n) is 3.29. The molecule has 0 amide bonds. The minimum Gasteiger partial charge on any atom is -0.205 e. The van der Waals surface area contributed by atoms with Crippen LogP contribution in [0.2, 0.25) is 0 Å². The van der Waals surface area contributed by atoms with Crippen LogP contribution in [0.1, 0.15) is 27.2 Å². The molecule has 0 saturated heterocycles. The summed E-state index contributed by atoms with van der Waals surface area (Å²) >= 11 is 0. The molecule has 0 aliphatic rings. The van der Waals surface area contributed by atoms with Gasteiger partial charge in [0, 0.05) is 5.41 Å². The maximum absolute atomic E-state index is 12.7. The lowest BCUT2D eigenvalue weighted by Gasteiger charge is -2.27. The summed E-state index contributed by atoms with van der Waals surface area (Å²) in [6.07, 6.45) is -0.698. The van der Waals surface area contributed by atoms with E-state index in [2.05, 4.69) is 0 Å². The molecule has 10 heavy (non-hydrogen) atoms. The molecule has 0 heterocycles. The lowest BCUT2D eigenvalue weighted by atomic mass is 9.86. The Morgan fingerprint density at radius 1 is 1.30 bits per heavy atom. The quantitative estimate of drug-likeness (QED) is 0.559. The molecule has 0 aromatic carbocycles. The van der Waals surface area contributed by atoms with Gasteiger partial charge in [-0.1, -0.05) is 20.8 Å². The van der Waals surface area contributed by atoms with E-state index in [9.17, 15) is 8.78 Å². The van der Waals surface area contributed by atoms with E-state index in [1.165, 1.54) is 26.8 Å². The van der Waals surface area contributed by atoms with Crippen molar-refractivity contribution in [3.63, 3.8) is 0 Å². The molecule has 0 aliphatic heterocycles. The number of halogens is 2. The zero-order valence-electron chi connectivity index (χ0n) is 6.41. The molecule has 0 aliphatic carbocycles. The highest BCUT2D eigenvalue weighted by Crippen LogP contribution is 2.37. The summed E-state index contributed by atoms with van der Waals surface area (Å²) in [5, 5.41) is 8.04. The highest BCUT2D eigenvalue weighted by atomic mass is 19.3. The third kappa shape index (κ3) is 1.94. The molecular weight excluding hydrogens is 136 g/mol. The predicted octanol–water partition coefficient (Wildman–Crippen LogP) is 2.58. The zero-order valence-corrected chi connectivity index (χ0v) is 6.41. The predicted molar refractivity (Wildman–Crippen MR) is 34.6 cm³/mol. The largest absolute Gasteiger partial charge is 0.265 e. The van der Waals surface area contributed by atoms with E-state index in [0.29, 0.717) is 0 Å². The van der Waals surface area contributed by atoms with Gasteiger partial charge >= 0.3 is 0 Å². The van der Waals surface area contributed by atoms with E-state index >= 15 is 0 Å². The average Bonchev–Trinajstić information content (AvgIpc) is 1.61. The Balaban J connectivity index is 4.28. The lowest BCUT2D eigenvalue weighted by molar-refractivity contribution is -0.0916. The van der Waals surface area contributed by atoms with Crippen LogP contribution in [0.4, 0.5) is 8.78 Å². The summed E-state index contributed by atoms with van der Waals surface area (Å²) in [5.74, 6) is -2.87. The summed E-state index contributed by atoms with van der Waals surface area (Å²) in [7, 11) is 0. The van der Waals surface area contributed by atoms with Crippen LogP contribution < -0.4 is 0 Å². The van der Waals surface area contributed by atoms with E-state index < -0.39 is 17.8 Å². The summed E-state index contributed by atoms with van der Waals surface area (Å²) < 4.78 is 25.4. The lowest BCUT2D eigenvalue weighted by Crippen LogP contribution is -2.33. The number of nitrogens with zero attached hydrogens (tertiary/aromatic N) is 1. The van der Waals surface area contributed by atoms with E-state index in [0.717, 1.165) is 0 Å². The Bertz CT molecular complexity index is 150. The van der Waals surface area contributed by atoms with Crippen LogP contribution in [-0.4, -0.2) is 5.92 Å². The van der Waals surface area contributed by atoms with Gasteiger partial charge in [0.1, 0.15) is 0 Å². The molecule has 0 unspecified atom stereocenters. The van der Waals surface area contributed by atoms with Gasteiger partial charge in [-0.2, -0.15) is 5.26 Å². The number of alkyl halides is 2. The van der Waals surface area contributed by atoms with E-state index in [1.54, 1.807) is 0 Å². The van der Waals surface area contributed by atoms with Gasteiger partial charge in [0.05, 0.1) is 12.5 Å². The van der Waals surface area contributed by atoms with Crippen molar-refractivity contribution in [2.45, 2.75) is 33.1 Å². The van der Waals surface area contributed by atoms with Gasteiger partial charge in [-0.25, -0.2) is 8.78 Å². The normalized spacial score (nSPS) is 12.8. The standard InChI is InChI=1S/C7H11F2N/c1-6(2,3)7(8,9)4-5-10/h4H2,1-3H3. The van der Waals surface area contributed by atoms with Gasteiger partial charge in [-0.15, -0.1) is 0 Å². The highest BCUT2D eigenvalue weighted by Gasteiger charge is 2.42. The van der Waals surface area contributed by atoms with Crippen molar-refractivity contribution in [1.82, 2.24) is 0 Å². The Labute approximate surface area is 59.7 Å². The van der Waals surface area contributed by atoms with E-state index in [4.69, 9.17) is 5.26 Å². The van der Waals surface area contributed by atoms with Crippen molar-refractivity contribution in [1.29, 1.82) is 5.26 Å². The van der Waals surface area contributed by atoms with Crippen LogP contribution in [0.25, 0.3) is 0 Å². The molecule has 0 spiro atoms. The molecule has 0 aromatic rings. The van der Waals surface area contributed by atoms with Crippen molar-refractivity contribution in [2.75, 3.05) is 0 Å². The van der Waals surface area contributed by atoms with Gasteiger partial charge < -0.3 is 0 Å². The van der Waals surface area contributed by atoms with Crippen LogP contribution in [0.5, 0.6) is 0 Å². The smallest absolute Gasteiger partial charge is 0.205 e. The monoisotopic (exact) mass is 147 g/mol. The van der Waals surface area contributed by atoms with Gasteiger partial charge in [-0.3, -0.25) is 0 Å². The van der Waals surface area contributed by atoms with E-state index in [-0.39, 0.29) is 0 Å². The molecule has 0 aromatic heterocycles. The maximum Gasteiger partial charge on any atom is 0.265 e. The topological polar surface area (TPSA) is 23.8 Å². The molecule has 0 bridgehead atoms. The summed E-state index contributed by atoms with van der Waals surface area (Å²) in [5.41, 5.74) is -1.11. The number of hydrogen-bond acceptors (Lipinski definition) is 1. The average molecular weight is 147 g/mol. The van der Waals surface area contributed by atoms with Crippen molar-refractivity contribution in [3.05, 3.63) is 0 Å². The van der Waals surface area contributed by atoms with Gasteiger partial charge in [-0.05, 0) is 0 Å². The third-order valence-electron chi connectivity index (χ3n) is 1.40. The highest BCUT2D eigenvalue weighted by molar-refractivity contribution is 4.89. The molecule has 0 atom stereocenters. The van der Waals surface area contributed by atoms with E-state index in [1.807, 2.05) is 0 Å². The Hall–Kier alpha value is -0.650. The van der Waals surface area contributed by atoms with Crippen LogP contribution in [0.15, 0.2) is 0 Å². The van der Waals surface area contributed by atoms with Crippen LogP contribution in [0, 0.1) is 16.7 Å². The first-order valence-corrected chi connectivity index (χ1v) is 3.06.